The summed E-state index contributed by atoms with van der Waals surface area (Å²) in [5.74, 6) is -0.668. The van der Waals surface area contributed by atoms with E-state index in [1.165, 1.54) is 11.1 Å². The summed E-state index contributed by atoms with van der Waals surface area (Å²) >= 11 is 3.50. The number of hydrogen-bond acceptors (Lipinski definition) is 7. The molecule has 0 aliphatic carbocycles. The standard InChI is InChI=1S/C44H83NO5S2Si3/c1-31(26-27-37(48-53(17,18)41(6,7)8)33(3)28-36-30-51-35(5)45-36)24-23-25-32(2)40(50-55(21,22)43(12,13)14)34(4)52-44(15,16)38(29-39(46)47)49-54(19,20)42(9,10)11/h23,25-26,28,30,32,34,37-38,40H,24,27,29H2,1-22H3,(H,46,47)/b25-23-,31-26-,33-28+/t32-,34+,37-,38-,40-/m0/s1. The summed E-state index contributed by atoms with van der Waals surface area (Å²) in [6.07, 6.45) is 10.4. The lowest BCUT2D eigenvalue weighted by Crippen LogP contribution is -2.52. The second kappa shape index (κ2) is 20.0. The topological polar surface area (TPSA) is 77.9 Å². The normalized spacial score (nSPS) is 17.7. The summed E-state index contributed by atoms with van der Waals surface area (Å²) in [6.45, 7) is 49.4. The van der Waals surface area contributed by atoms with Crippen molar-refractivity contribution in [2.24, 2.45) is 5.92 Å². The molecule has 0 aromatic carbocycles. The maximum atomic E-state index is 12.2. The Morgan fingerprint density at radius 2 is 1.35 bits per heavy atom. The third-order valence-electron chi connectivity index (χ3n) is 12.4. The van der Waals surface area contributed by atoms with Gasteiger partial charge in [-0.1, -0.05) is 100.0 Å². The summed E-state index contributed by atoms with van der Waals surface area (Å²) in [6, 6.07) is 0. The monoisotopic (exact) mass is 854 g/mol. The lowest BCUT2D eigenvalue weighted by molar-refractivity contribution is -0.139. The number of thioether (sulfide) groups is 1. The van der Waals surface area contributed by atoms with Gasteiger partial charge in [0, 0.05) is 21.3 Å². The maximum Gasteiger partial charge on any atom is 0.305 e. The van der Waals surface area contributed by atoms with E-state index in [1.807, 2.05) is 18.7 Å². The van der Waals surface area contributed by atoms with E-state index < -0.39 is 41.8 Å². The average molecular weight is 855 g/mol. The van der Waals surface area contributed by atoms with Gasteiger partial charge in [0.15, 0.2) is 25.0 Å². The summed E-state index contributed by atoms with van der Waals surface area (Å²) in [5.41, 5.74) is 3.53. The van der Waals surface area contributed by atoms with Crippen molar-refractivity contribution in [2.75, 3.05) is 0 Å². The zero-order valence-corrected chi connectivity index (χ0v) is 43.9. The first-order valence-electron chi connectivity index (χ1n) is 20.4. The molecule has 0 unspecified atom stereocenters. The Labute approximate surface area is 350 Å². The molecule has 1 N–H and O–H groups in total. The third-order valence-corrected chi connectivity index (χ3v) is 28.2. The van der Waals surface area contributed by atoms with E-state index in [0.29, 0.717) is 0 Å². The van der Waals surface area contributed by atoms with E-state index in [9.17, 15) is 9.90 Å². The summed E-state index contributed by atoms with van der Waals surface area (Å²) in [4.78, 5) is 16.9. The molecule has 0 saturated carbocycles. The smallest absolute Gasteiger partial charge is 0.305 e. The molecule has 1 heterocycles. The first kappa shape index (κ1) is 52.2. The van der Waals surface area contributed by atoms with Gasteiger partial charge < -0.3 is 18.4 Å². The van der Waals surface area contributed by atoms with Crippen LogP contribution in [0.5, 0.6) is 0 Å². The van der Waals surface area contributed by atoms with Crippen LogP contribution in [0.4, 0.5) is 0 Å². The molecular weight excluding hydrogens is 771 g/mol. The molecule has 0 bridgehead atoms. The highest BCUT2D eigenvalue weighted by Crippen LogP contribution is 2.46. The second-order valence-electron chi connectivity index (χ2n) is 21.1. The molecule has 0 aliphatic heterocycles. The molecule has 11 heteroatoms. The van der Waals surface area contributed by atoms with Gasteiger partial charge in [-0.25, -0.2) is 4.98 Å². The first-order chi connectivity index (χ1) is 24.5. The molecule has 0 radical (unpaired) electrons. The first-order valence-corrected chi connectivity index (χ1v) is 30.9. The van der Waals surface area contributed by atoms with Crippen molar-refractivity contribution in [1.82, 2.24) is 4.98 Å². The number of carbonyl (C=O) groups is 1. The summed E-state index contributed by atoms with van der Waals surface area (Å²) in [5, 5.41) is 13.4. The molecule has 6 nitrogen and oxygen atoms in total. The minimum Gasteiger partial charge on any atom is -0.481 e. The molecular formula is C44H83NO5S2Si3. The largest absolute Gasteiger partial charge is 0.481 e. The Balaban J connectivity index is 3.39. The Morgan fingerprint density at radius 1 is 0.855 bits per heavy atom. The number of allylic oxidation sites excluding steroid dienone is 2. The van der Waals surface area contributed by atoms with Crippen LogP contribution in [0.2, 0.25) is 54.4 Å². The van der Waals surface area contributed by atoms with Crippen molar-refractivity contribution in [2.45, 2.75) is 213 Å². The lowest BCUT2D eigenvalue weighted by atomic mass is 10.00. The fourth-order valence-corrected chi connectivity index (χ4v) is 12.2. The van der Waals surface area contributed by atoms with Crippen molar-refractivity contribution in [1.29, 1.82) is 0 Å². The van der Waals surface area contributed by atoms with Crippen LogP contribution in [0.25, 0.3) is 6.08 Å². The van der Waals surface area contributed by atoms with E-state index in [1.54, 1.807) is 11.3 Å². The van der Waals surface area contributed by atoms with Crippen LogP contribution in [0.3, 0.4) is 0 Å². The highest BCUT2D eigenvalue weighted by molar-refractivity contribution is 8.01. The Kier molecular flexibility index (Phi) is 19.0. The Hall–Kier alpha value is -0.799. The fourth-order valence-electron chi connectivity index (χ4n) is 5.49. The lowest BCUT2D eigenvalue weighted by Gasteiger charge is -2.46. The van der Waals surface area contributed by atoms with Crippen LogP contribution in [0, 0.1) is 12.8 Å². The van der Waals surface area contributed by atoms with Gasteiger partial charge >= 0.3 is 5.97 Å². The maximum absolute atomic E-state index is 12.2. The minimum atomic E-state index is -2.22. The Morgan fingerprint density at radius 3 is 1.80 bits per heavy atom. The van der Waals surface area contributed by atoms with Gasteiger partial charge in [0.1, 0.15) is 0 Å². The molecule has 5 atom stereocenters. The number of carboxylic acids is 1. The van der Waals surface area contributed by atoms with Crippen LogP contribution < -0.4 is 0 Å². The quantitative estimate of drug-likeness (QED) is 0.103. The van der Waals surface area contributed by atoms with Gasteiger partial charge in [-0.3, -0.25) is 4.79 Å². The molecule has 1 rings (SSSR count). The van der Waals surface area contributed by atoms with Crippen molar-refractivity contribution in [3.8, 4) is 0 Å². The zero-order chi connectivity index (χ0) is 43.2. The average Bonchev–Trinajstić information content (AvgIpc) is 3.39. The summed E-state index contributed by atoms with van der Waals surface area (Å²) in [7, 11) is -6.38. The predicted octanol–water partition coefficient (Wildman–Crippen LogP) is 14.3. The van der Waals surface area contributed by atoms with E-state index >= 15 is 0 Å². The second-order valence-corrected chi connectivity index (χ2v) is 38.4. The SMILES string of the molecule is C/C(=C/C[C@H](O[Si](C)(C)C(C)(C)C)/C(C)=C/c1csc(C)n1)C/C=C\[C@H](C)[C@H](O[Si](C)(C)C(C)(C)C)[C@@H](C)SC(C)(C)[C@H](CC(=O)O)O[Si](C)(C)C(C)(C)C. The van der Waals surface area contributed by atoms with Gasteiger partial charge in [-0.05, 0) is 114 Å². The van der Waals surface area contributed by atoms with Gasteiger partial charge in [0.05, 0.1) is 35.4 Å². The highest BCUT2D eigenvalue weighted by atomic mass is 32.2. The van der Waals surface area contributed by atoms with Crippen molar-refractivity contribution < 1.29 is 23.2 Å². The number of aliphatic carboxylic acids is 1. The number of aromatic nitrogens is 1. The van der Waals surface area contributed by atoms with E-state index in [2.05, 4.69) is 173 Å². The molecule has 55 heavy (non-hydrogen) atoms. The zero-order valence-electron chi connectivity index (χ0n) is 39.2. The molecule has 318 valence electrons. The van der Waals surface area contributed by atoms with Crippen LogP contribution in [0.1, 0.15) is 134 Å². The van der Waals surface area contributed by atoms with Gasteiger partial charge in [0.2, 0.25) is 0 Å². The van der Waals surface area contributed by atoms with Crippen molar-refractivity contribution in [3.63, 3.8) is 0 Å². The molecule has 0 spiro atoms. The third kappa shape index (κ3) is 16.4. The number of thiazole rings is 1. The van der Waals surface area contributed by atoms with Gasteiger partial charge in [-0.2, -0.15) is 0 Å². The van der Waals surface area contributed by atoms with Crippen molar-refractivity contribution >= 4 is 60.1 Å². The van der Waals surface area contributed by atoms with E-state index in [-0.39, 0.29) is 44.9 Å². The number of nitrogens with zero attached hydrogens (tertiary/aromatic N) is 1. The Bertz CT molecular complexity index is 1470. The number of rotatable bonds is 20. The van der Waals surface area contributed by atoms with Gasteiger partial charge in [0.25, 0.3) is 0 Å². The number of aryl methyl sites for hydroxylation is 1. The van der Waals surface area contributed by atoms with Crippen LogP contribution in [0.15, 0.2) is 34.8 Å². The molecule has 1 aromatic rings. The van der Waals surface area contributed by atoms with Crippen LogP contribution in [-0.4, -0.2) is 69.3 Å². The molecule has 1 aromatic heterocycles. The van der Waals surface area contributed by atoms with Gasteiger partial charge in [-0.15, -0.1) is 23.1 Å². The summed E-state index contributed by atoms with van der Waals surface area (Å²) < 4.78 is 20.7. The van der Waals surface area contributed by atoms with Crippen molar-refractivity contribution in [3.05, 3.63) is 45.5 Å². The minimum absolute atomic E-state index is 0.00470. The van der Waals surface area contributed by atoms with Crippen LogP contribution >= 0.6 is 23.1 Å². The fraction of sp³-hybridized carbons (Fsp3) is 0.773. The molecule has 0 saturated heterocycles. The van der Waals surface area contributed by atoms with E-state index in [0.717, 1.165) is 23.5 Å². The molecule has 0 aliphatic rings. The molecule has 0 amide bonds. The highest BCUT2D eigenvalue weighted by Gasteiger charge is 2.46. The molecule has 0 fully saturated rings. The predicted molar refractivity (Wildman–Crippen MR) is 251 cm³/mol. The number of carboxylic acid groups (broad SMARTS) is 1. The van der Waals surface area contributed by atoms with Crippen LogP contribution in [-0.2, 0) is 18.1 Å². The number of hydrogen-bond donors (Lipinski definition) is 1. The van der Waals surface area contributed by atoms with E-state index in [4.69, 9.17) is 18.3 Å².